The number of benzene rings is 2. The second kappa shape index (κ2) is 12.7. The van der Waals surface area contributed by atoms with Crippen molar-refractivity contribution in [1.82, 2.24) is 5.32 Å². The fourth-order valence-electron chi connectivity index (χ4n) is 5.02. The highest BCUT2D eigenvalue weighted by molar-refractivity contribution is 7.10. The van der Waals surface area contributed by atoms with Crippen molar-refractivity contribution in [2.24, 2.45) is 0 Å². The molecule has 1 heterocycles. The van der Waals surface area contributed by atoms with E-state index in [1.165, 1.54) is 30.3 Å². The van der Waals surface area contributed by atoms with Crippen molar-refractivity contribution >= 4 is 34.6 Å². The van der Waals surface area contributed by atoms with Gasteiger partial charge in [-0.1, -0.05) is 37.5 Å². The maximum absolute atomic E-state index is 14.2. The number of nitrogens with one attached hydrogen (secondary N) is 1. The number of thiophene rings is 1. The largest absolute Gasteiger partial charge is 0.497 e. The molecule has 1 aliphatic rings. The molecule has 4 rings (SSSR count). The Morgan fingerprint density at radius 3 is 2.42 bits per heavy atom. The summed E-state index contributed by atoms with van der Waals surface area (Å²) in [7, 11) is 3.08. The van der Waals surface area contributed by atoms with Gasteiger partial charge in [-0.2, -0.15) is 0 Å². The minimum atomic E-state index is -1.06. The molecule has 1 N–H and O–H groups in total. The van der Waals surface area contributed by atoms with Gasteiger partial charge in [0.25, 0.3) is 0 Å². The van der Waals surface area contributed by atoms with Gasteiger partial charge in [0.15, 0.2) is 5.78 Å². The Morgan fingerprint density at radius 2 is 1.76 bits per heavy atom. The molecule has 2 amide bonds. The molecule has 0 saturated heterocycles. The van der Waals surface area contributed by atoms with Gasteiger partial charge in [0.2, 0.25) is 11.8 Å². The molecule has 0 bridgehead atoms. The van der Waals surface area contributed by atoms with E-state index in [9.17, 15) is 14.4 Å². The number of nitrogens with zero attached hydrogens (tertiary/aromatic N) is 1. The third-order valence-electron chi connectivity index (χ3n) is 6.91. The van der Waals surface area contributed by atoms with E-state index in [0.29, 0.717) is 28.3 Å². The molecule has 8 heteroatoms. The zero-order valence-electron chi connectivity index (χ0n) is 22.1. The summed E-state index contributed by atoms with van der Waals surface area (Å²) >= 11 is 1.48. The lowest BCUT2D eigenvalue weighted by molar-refractivity contribution is -0.127. The topological polar surface area (TPSA) is 84.9 Å². The van der Waals surface area contributed by atoms with Crippen LogP contribution in [0.4, 0.5) is 5.69 Å². The molecule has 1 unspecified atom stereocenters. The van der Waals surface area contributed by atoms with Crippen LogP contribution in [0.5, 0.6) is 11.5 Å². The number of rotatable bonds is 10. The van der Waals surface area contributed by atoms with E-state index in [2.05, 4.69) is 5.32 Å². The summed E-state index contributed by atoms with van der Waals surface area (Å²) in [5.74, 6) is 0.198. The number of hydrogen-bond donors (Lipinski definition) is 1. The van der Waals surface area contributed by atoms with Crippen LogP contribution in [0.15, 0.2) is 60.0 Å². The first-order valence-corrected chi connectivity index (χ1v) is 13.8. The highest BCUT2D eigenvalue weighted by atomic mass is 32.1. The molecule has 0 aliphatic heterocycles. The number of ether oxygens (including phenoxy) is 2. The molecule has 1 aliphatic carbocycles. The fourth-order valence-corrected chi connectivity index (χ4v) is 5.71. The number of hydrogen-bond acceptors (Lipinski definition) is 6. The lowest BCUT2D eigenvalue weighted by atomic mass is 9.94. The highest BCUT2D eigenvalue weighted by Crippen LogP contribution is 2.38. The van der Waals surface area contributed by atoms with Crippen molar-refractivity contribution in [3.63, 3.8) is 0 Å². The zero-order valence-corrected chi connectivity index (χ0v) is 22.9. The molecule has 1 atom stereocenters. The molecule has 200 valence electrons. The number of carbonyl (C=O) groups is 3. The van der Waals surface area contributed by atoms with Gasteiger partial charge in [0.1, 0.15) is 17.5 Å². The second-order valence-electron chi connectivity index (χ2n) is 9.45. The molecule has 2 aromatic carbocycles. The van der Waals surface area contributed by atoms with E-state index in [0.717, 1.165) is 37.0 Å². The van der Waals surface area contributed by atoms with Crippen molar-refractivity contribution < 1.29 is 23.9 Å². The van der Waals surface area contributed by atoms with Crippen molar-refractivity contribution in [3.8, 4) is 11.5 Å². The highest BCUT2D eigenvalue weighted by Gasteiger charge is 2.37. The lowest BCUT2D eigenvalue weighted by Crippen LogP contribution is -2.48. The number of ketones is 1. The van der Waals surface area contributed by atoms with E-state index in [1.54, 1.807) is 49.6 Å². The van der Waals surface area contributed by atoms with Gasteiger partial charge in [-0.15, -0.1) is 11.3 Å². The molecule has 1 fully saturated rings. The average molecular weight is 535 g/mol. The third kappa shape index (κ3) is 6.25. The first-order valence-electron chi connectivity index (χ1n) is 12.9. The van der Waals surface area contributed by atoms with Gasteiger partial charge in [0, 0.05) is 28.1 Å². The Labute approximate surface area is 227 Å². The van der Waals surface area contributed by atoms with Crippen LogP contribution in [0.3, 0.4) is 0 Å². The molecule has 38 heavy (non-hydrogen) atoms. The number of Topliss-reactive ketones (excluding diaryl/α,β-unsaturated/α-hetero) is 1. The number of methoxy groups -OCH3 is 2. The lowest BCUT2D eigenvalue weighted by Gasteiger charge is -2.35. The Hall–Kier alpha value is -3.65. The normalized spacial score (nSPS) is 14.4. The Bertz CT molecular complexity index is 1270. The monoisotopic (exact) mass is 534 g/mol. The first-order chi connectivity index (χ1) is 18.4. The Morgan fingerprint density at radius 1 is 1.00 bits per heavy atom. The van der Waals surface area contributed by atoms with Crippen LogP contribution in [0, 0.1) is 0 Å². The first kappa shape index (κ1) is 27.4. The molecule has 0 radical (unpaired) electrons. The van der Waals surface area contributed by atoms with Gasteiger partial charge in [-0.25, -0.2) is 0 Å². The van der Waals surface area contributed by atoms with Crippen molar-refractivity contribution in [2.45, 2.75) is 57.5 Å². The van der Waals surface area contributed by atoms with Gasteiger partial charge in [0.05, 0.1) is 26.3 Å². The summed E-state index contributed by atoms with van der Waals surface area (Å²) in [6, 6.07) is 14.9. The van der Waals surface area contributed by atoms with Gasteiger partial charge in [-0.05, 0) is 55.5 Å². The third-order valence-corrected chi connectivity index (χ3v) is 7.79. The van der Waals surface area contributed by atoms with E-state index in [-0.39, 0.29) is 30.1 Å². The summed E-state index contributed by atoms with van der Waals surface area (Å²) in [6.45, 7) is 1.46. The maximum Gasteiger partial charge on any atom is 0.248 e. The predicted octanol–water partition coefficient (Wildman–Crippen LogP) is 5.73. The van der Waals surface area contributed by atoms with Crippen LogP contribution in [0.2, 0.25) is 0 Å². The van der Waals surface area contributed by atoms with Crippen LogP contribution in [-0.2, 0) is 16.0 Å². The summed E-state index contributed by atoms with van der Waals surface area (Å²) < 4.78 is 11.1. The summed E-state index contributed by atoms with van der Waals surface area (Å²) in [4.78, 5) is 43.3. The molecular formula is C30H34N2O5S. The molecule has 1 aromatic heterocycles. The van der Waals surface area contributed by atoms with Crippen LogP contribution in [0.1, 0.15) is 65.9 Å². The van der Waals surface area contributed by atoms with E-state index in [1.807, 2.05) is 17.5 Å². The van der Waals surface area contributed by atoms with Crippen molar-refractivity contribution in [3.05, 3.63) is 76.0 Å². The molecule has 7 nitrogen and oxygen atoms in total. The van der Waals surface area contributed by atoms with Gasteiger partial charge < -0.3 is 14.8 Å². The Balaban J connectivity index is 1.88. The average Bonchev–Trinajstić information content (AvgIpc) is 3.44. The molecule has 0 spiro atoms. The number of amides is 2. The van der Waals surface area contributed by atoms with Crippen LogP contribution >= 0.6 is 11.3 Å². The quantitative estimate of drug-likeness (QED) is 0.336. The second-order valence-corrected chi connectivity index (χ2v) is 10.5. The molecular weight excluding hydrogens is 500 g/mol. The van der Waals surface area contributed by atoms with Gasteiger partial charge >= 0.3 is 0 Å². The standard InChI is InChI=1S/C30H34N2O5S/c1-20(33)24-13-7-8-14-26(24)32(28(34)19-23-12-9-17-38-23)29(30(35)31-21-10-5-4-6-11-21)25-16-15-22(36-2)18-27(25)37-3/h7-9,12-18,21,29H,4-6,10-11,19H2,1-3H3,(H,31,35). The maximum atomic E-state index is 14.2. The smallest absolute Gasteiger partial charge is 0.248 e. The fraction of sp³-hybridized carbons (Fsp3) is 0.367. The summed E-state index contributed by atoms with van der Waals surface area (Å²) in [6.07, 6.45) is 5.14. The SMILES string of the molecule is COc1ccc(C(C(=O)NC2CCCCC2)N(C(=O)Cc2cccs2)c2ccccc2C(C)=O)c(OC)c1. The minimum Gasteiger partial charge on any atom is -0.497 e. The van der Waals surface area contributed by atoms with E-state index in [4.69, 9.17) is 9.47 Å². The predicted molar refractivity (Wildman–Crippen MR) is 149 cm³/mol. The summed E-state index contributed by atoms with van der Waals surface area (Å²) in [5, 5.41) is 5.12. The van der Waals surface area contributed by atoms with Crippen LogP contribution in [-0.4, -0.2) is 37.9 Å². The van der Waals surface area contributed by atoms with E-state index >= 15 is 0 Å². The van der Waals surface area contributed by atoms with Crippen LogP contribution < -0.4 is 19.7 Å². The van der Waals surface area contributed by atoms with Crippen LogP contribution in [0.25, 0.3) is 0 Å². The number of anilines is 1. The van der Waals surface area contributed by atoms with Crippen molar-refractivity contribution in [1.29, 1.82) is 0 Å². The molecule has 1 saturated carbocycles. The number of carbonyl (C=O) groups excluding carboxylic acids is 3. The minimum absolute atomic E-state index is 0.0280. The van der Waals surface area contributed by atoms with Gasteiger partial charge in [-0.3, -0.25) is 19.3 Å². The summed E-state index contributed by atoms with van der Waals surface area (Å²) in [5.41, 5.74) is 1.28. The molecule has 3 aromatic rings. The van der Waals surface area contributed by atoms with Crippen molar-refractivity contribution in [2.75, 3.05) is 19.1 Å². The zero-order chi connectivity index (χ0) is 27.1. The Kier molecular flexibility index (Phi) is 9.18. The number of para-hydroxylation sites is 1. The van der Waals surface area contributed by atoms with E-state index < -0.39 is 6.04 Å².